The van der Waals surface area contributed by atoms with Crippen LogP contribution >= 0.6 is 11.6 Å². The van der Waals surface area contributed by atoms with Crippen LogP contribution in [0, 0.1) is 10.1 Å². The number of hydrogen-bond acceptors (Lipinski definition) is 3. The first-order valence-corrected chi connectivity index (χ1v) is 9.06. The quantitative estimate of drug-likeness (QED) is 0.517. The molecule has 1 aliphatic rings. The van der Waals surface area contributed by atoms with Crippen molar-refractivity contribution in [1.29, 1.82) is 0 Å². The largest absolute Gasteiger partial charge is 0.337 e. The number of nitrogens with one attached hydrogen (secondary N) is 1. The lowest BCUT2D eigenvalue weighted by molar-refractivity contribution is -0.958. The number of hydrogen-bond donors (Lipinski definition) is 2. The number of pyridine rings is 1. The number of halogens is 1. The molecule has 134 valence electrons. The summed E-state index contributed by atoms with van der Waals surface area (Å²) in [7, 11) is 0. The standard InChI is InChI=1S/C18H18ClN5O2/c19-14-3-6-17-21-18(13-1-4-15(5-2-13)24(25)26)16(23(17)11-14)12-22-9-7-20-8-10-22/h1-6,11,20H,7-10,12H2/p+2. The molecule has 2 aromatic heterocycles. The van der Waals surface area contributed by atoms with Crippen molar-refractivity contribution in [1.82, 2.24) is 9.38 Å². The third-order valence-corrected chi connectivity index (χ3v) is 5.08. The number of nitro benzene ring substituents is 1. The van der Waals surface area contributed by atoms with Gasteiger partial charge in [-0.15, -0.1) is 0 Å². The van der Waals surface area contributed by atoms with Gasteiger partial charge in [-0.2, -0.15) is 0 Å². The van der Waals surface area contributed by atoms with Gasteiger partial charge in [0.2, 0.25) is 0 Å². The summed E-state index contributed by atoms with van der Waals surface area (Å²) in [5, 5.41) is 13.9. The van der Waals surface area contributed by atoms with E-state index in [1.165, 1.54) is 17.0 Å². The second-order valence-corrected chi connectivity index (χ2v) is 7.02. The first-order chi connectivity index (χ1) is 12.6. The van der Waals surface area contributed by atoms with Crippen LogP contribution in [0.5, 0.6) is 0 Å². The molecule has 4 rings (SSSR count). The van der Waals surface area contributed by atoms with E-state index < -0.39 is 0 Å². The van der Waals surface area contributed by atoms with E-state index in [0.717, 1.165) is 55.3 Å². The highest BCUT2D eigenvalue weighted by atomic mass is 35.5. The molecule has 26 heavy (non-hydrogen) atoms. The van der Waals surface area contributed by atoms with Crippen molar-refractivity contribution in [2.75, 3.05) is 26.2 Å². The Morgan fingerprint density at radius 2 is 1.92 bits per heavy atom. The van der Waals surface area contributed by atoms with Gasteiger partial charge in [0.05, 0.1) is 15.6 Å². The highest BCUT2D eigenvalue weighted by Crippen LogP contribution is 2.27. The summed E-state index contributed by atoms with van der Waals surface area (Å²) in [5.41, 5.74) is 3.76. The van der Waals surface area contributed by atoms with Gasteiger partial charge in [0, 0.05) is 23.9 Å². The van der Waals surface area contributed by atoms with E-state index in [-0.39, 0.29) is 10.6 Å². The zero-order valence-electron chi connectivity index (χ0n) is 14.2. The van der Waals surface area contributed by atoms with Gasteiger partial charge in [-0.1, -0.05) is 11.6 Å². The lowest BCUT2D eigenvalue weighted by Crippen LogP contribution is -3.19. The molecule has 1 saturated heterocycles. The fraction of sp³-hybridized carbons (Fsp3) is 0.278. The summed E-state index contributed by atoms with van der Waals surface area (Å²) in [5.74, 6) is 0. The molecule has 0 saturated carbocycles. The number of fused-ring (bicyclic) bond motifs is 1. The smallest absolute Gasteiger partial charge is 0.269 e. The number of aromatic nitrogens is 2. The van der Waals surface area contributed by atoms with Crippen molar-refractivity contribution in [3.63, 3.8) is 0 Å². The molecule has 0 amide bonds. The number of piperazine rings is 1. The number of non-ortho nitro benzene ring substituents is 1. The van der Waals surface area contributed by atoms with Crippen molar-refractivity contribution in [2.24, 2.45) is 0 Å². The van der Waals surface area contributed by atoms with Crippen molar-refractivity contribution < 1.29 is 15.1 Å². The SMILES string of the molecule is O=[N+]([O-])c1ccc(-c2nc3ccc(Cl)cn3c2C[NH+]2CC[NH2+]CC2)cc1. The van der Waals surface area contributed by atoms with Crippen LogP contribution in [0.1, 0.15) is 5.69 Å². The maximum atomic E-state index is 10.9. The van der Waals surface area contributed by atoms with Gasteiger partial charge in [-0.25, -0.2) is 4.98 Å². The van der Waals surface area contributed by atoms with E-state index in [1.807, 2.05) is 22.7 Å². The zero-order chi connectivity index (χ0) is 18.1. The molecule has 3 aromatic rings. The minimum atomic E-state index is -0.386. The number of rotatable bonds is 4. The number of nitro groups is 1. The van der Waals surface area contributed by atoms with Crippen LogP contribution in [0.15, 0.2) is 42.6 Å². The predicted octanol–water partition coefficient (Wildman–Crippen LogP) is 0.525. The summed E-state index contributed by atoms with van der Waals surface area (Å²) >= 11 is 6.21. The third-order valence-electron chi connectivity index (χ3n) is 4.85. The molecule has 3 N–H and O–H groups in total. The lowest BCUT2D eigenvalue weighted by Gasteiger charge is -2.22. The molecule has 0 spiro atoms. The Hall–Kier alpha value is -2.48. The normalized spacial score (nSPS) is 15.4. The molecule has 0 bridgehead atoms. The molecular weight excluding hydrogens is 354 g/mol. The number of nitrogens with zero attached hydrogens (tertiary/aromatic N) is 3. The molecule has 1 aromatic carbocycles. The van der Waals surface area contributed by atoms with Crippen molar-refractivity contribution in [3.8, 4) is 11.3 Å². The van der Waals surface area contributed by atoms with Crippen molar-refractivity contribution in [3.05, 3.63) is 63.4 Å². The maximum Gasteiger partial charge on any atom is 0.269 e. The summed E-state index contributed by atoms with van der Waals surface area (Å²) in [6.45, 7) is 5.31. The maximum absolute atomic E-state index is 10.9. The van der Waals surface area contributed by atoms with E-state index in [4.69, 9.17) is 16.6 Å². The minimum Gasteiger partial charge on any atom is -0.337 e. The average Bonchev–Trinajstić information content (AvgIpc) is 3.00. The molecule has 3 heterocycles. The average molecular weight is 374 g/mol. The molecular formula is C18H20ClN5O2+2. The molecule has 1 aliphatic heterocycles. The zero-order valence-corrected chi connectivity index (χ0v) is 14.9. The van der Waals surface area contributed by atoms with Crippen LogP contribution in [0.3, 0.4) is 0 Å². The van der Waals surface area contributed by atoms with Gasteiger partial charge in [0.1, 0.15) is 44.1 Å². The molecule has 1 fully saturated rings. The Balaban J connectivity index is 1.79. The third kappa shape index (κ3) is 3.29. The summed E-state index contributed by atoms with van der Waals surface area (Å²) in [6.07, 6.45) is 1.89. The van der Waals surface area contributed by atoms with Crippen LogP contribution < -0.4 is 10.2 Å². The second-order valence-electron chi connectivity index (χ2n) is 6.58. The van der Waals surface area contributed by atoms with Gasteiger partial charge in [0.15, 0.2) is 0 Å². The molecule has 0 radical (unpaired) electrons. The van der Waals surface area contributed by atoms with Crippen molar-refractivity contribution in [2.45, 2.75) is 6.54 Å². The number of imidazole rings is 1. The molecule has 7 nitrogen and oxygen atoms in total. The molecule has 8 heteroatoms. The lowest BCUT2D eigenvalue weighted by atomic mass is 10.1. The number of nitrogens with two attached hydrogens (primary N) is 1. The fourth-order valence-corrected chi connectivity index (χ4v) is 3.66. The first kappa shape index (κ1) is 17.0. The van der Waals surface area contributed by atoms with Crippen LogP contribution in [-0.2, 0) is 6.54 Å². The molecule has 0 atom stereocenters. The van der Waals surface area contributed by atoms with Gasteiger partial charge >= 0.3 is 0 Å². The van der Waals surface area contributed by atoms with Gasteiger partial charge in [0.25, 0.3) is 5.69 Å². The Labute approximate surface area is 155 Å². The van der Waals surface area contributed by atoms with E-state index in [9.17, 15) is 10.1 Å². The monoisotopic (exact) mass is 373 g/mol. The first-order valence-electron chi connectivity index (χ1n) is 8.68. The minimum absolute atomic E-state index is 0.0827. The highest BCUT2D eigenvalue weighted by Gasteiger charge is 2.22. The Morgan fingerprint density at radius 1 is 1.19 bits per heavy atom. The molecule has 0 unspecified atom stereocenters. The predicted molar refractivity (Wildman–Crippen MR) is 98.4 cm³/mol. The summed E-state index contributed by atoms with van der Waals surface area (Å²) < 4.78 is 2.05. The summed E-state index contributed by atoms with van der Waals surface area (Å²) in [4.78, 5) is 16.8. The van der Waals surface area contributed by atoms with Gasteiger partial charge in [-0.3, -0.25) is 14.5 Å². The van der Waals surface area contributed by atoms with E-state index in [0.29, 0.717) is 5.02 Å². The Morgan fingerprint density at radius 3 is 2.62 bits per heavy atom. The van der Waals surface area contributed by atoms with E-state index in [2.05, 4.69) is 5.32 Å². The van der Waals surface area contributed by atoms with Crippen molar-refractivity contribution >= 4 is 22.9 Å². The fourth-order valence-electron chi connectivity index (χ4n) is 3.50. The van der Waals surface area contributed by atoms with Crippen LogP contribution in [0.25, 0.3) is 16.9 Å². The highest BCUT2D eigenvalue weighted by molar-refractivity contribution is 6.30. The van der Waals surface area contributed by atoms with Crippen LogP contribution in [-0.4, -0.2) is 40.5 Å². The Bertz CT molecular complexity index is 948. The number of quaternary nitrogens is 2. The van der Waals surface area contributed by atoms with E-state index in [1.54, 1.807) is 12.1 Å². The topological polar surface area (TPSA) is 81.5 Å². The van der Waals surface area contributed by atoms with E-state index >= 15 is 0 Å². The van der Waals surface area contributed by atoms with Crippen LogP contribution in [0.4, 0.5) is 5.69 Å². The van der Waals surface area contributed by atoms with Gasteiger partial charge < -0.3 is 10.2 Å². The summed E-state index contributed by atoms with van der Waals surface area (Å²) in [6, 6.07) is 10.3. The Kier molecular flexibility index (Phi) is 4.58. The number of benzene rings is 1. The van der Waals surface area contributed by atoms with Crippen LogP contribution in [0.2, 0.25) is 5.02 Å². The van der Waals surface area contributed by atoms with Gasteiger partial charge in [-0.05, 0) is 24.3 Å². The molecule has 0 aliphatic carbocycles. The second kappa shape index (κ2) is 7.03.